The van der Waals surface area contributed by atoms with E-state index in [9.17, 15) is 4.79 Å². The molecule has 5 rings (SSSR count). The van der Waals surface area contributed by atoms with Gasteiger partial charge in [0.2, 0.25) is 5.88 Å². The number of fused-ring (bicyclic) bond motifs is 2. The van der Waals surface area contributed by atoms with Crippen molar-refractivity contribution in [1.29, 1.82) is 0 Å². The van der Waals surface area contributed by atoms with Crippen molar-refractivity contribution in [3.05, 3.63) is 89.6 Å². The first-order chi connectivity index (χ1) is 17.6. The van der Waals surface area contributed by atoms with Crippen LogP contribution in [0.5, 0.6) is 17.4 Å². The van der Waals surface area contributed by atoms with Crippen LogP contribution >= 0.6 is 0 Å². The highest BCUT2D eigenvalue weighted by molar-refractivity contribution is 5.83. The van der Waals surface area contributed by atoms with Crippen LogP contribution in [0.1, 0.15) is 36.0 Å². The molecule has 0 N–H and O–H groups in total. The van der Waals surface area contributed by atoms with Gasteiger partial charge in [-0.25, -0.2) is 4.98 Å². The van der Waals surface area contributed by atoms with Crippen molar-refractivity contribution in [1.82, 2.24) is 9.88 Å². The Bertz CT molecular complexity index is 1250. The number of likely N-dealkylation sites (tertiary alicyclic amines) is 1. The summed E-state index contributed by atoms with van der Waals surface area (Å²) in [5.74, 6) is 2.10. The number of methoxy groups -OCH3 is 2. The molecular weight excluding hydrogens is 452 g/mol. The molecule has 0 spiro atoms. The van der Waals surface area contributed by atoms with Gasteiger partial charge in [0.25, 0.3) is 0 Å². The lowest BCUT2D eigenvalue weighted by Gasteiger charge is -2.40. The van der Waals surface area contributed by atoms with Gasteiger partial charge in [0.1, 0.15) is 11.5 Å². The van der Waals surface area contributed by atoms with Crippen molar-refractivity contribution in [2.45, 2.75) is 31.1 Å². The molecule has 0 saturated carbocycles. The molecule has 3 aromatic rings. The first-order valence-electron chi connectivity index (χ1n) is 12.5. The predicted octanol–water partition coefficient (Wildman–Crippen LogP) is 5.42. The molecule has 0 bridgehead atoms. The monoisotopic (exact) mass is 484 g/mol. The van der Waals surface area contributed by atoms with Crippen LogP contribution in [0.3, 0.4) is 0 Å². The molecule has 1 aromatic heterocycles. The summed E-state index contributed by atoms with van der Waals surface area (Å²) < 4.78 is 17.1. The Labute approximate surface area is 212 Å². The number of hydrogen-bond donors (Lipinski definition) is 0. The number of esters is 1. The van der Waals surface area contributed by atoms with Gasteiger partial charge in [-0.2, -0.15) is 0 Å². The average Bonchev–Trinajstić information content (AvgIpc) is 3.10. The fraction of sp³-hybridized carbons (Fsp3) is 0.333. The van der Waals surface area contributed by atoms with E-state index >= 15 is 0 Å². The number of piperidine rings is 1. The molecule has 36 heavy (non-hydrogen) atoms. The molecule has 0 radical (unpaired) electrons. The Hall–Kier alpha value is -3.64. The number of hydrogen-bond acceptors (Lipinski definition) is 6. The zero-order chi connectivity index (χ0) is 25.0. The van der Waals surface area contributed by atoms with E-state index in [1.807, 2.05) is 54.6 Å². The molecule has 0 aliphatic carbocycles. The van der Waals surface area contributed by atoms with Crippen LogP contribution < -0.4 is 9.47 Å². The average molecular weight is 485 g/mol. The molecule has 2 aromatic carbocycles. The van der Waals surface area contributed by atoms with E-state index in [1.165, 1.54) is 12.7 Å². The summed E-state index contributed by atoms with van der Waals surface area (Å²) in [7, 11) is 3.18. The second kappa shape index (κ2) is 10.5. The number of rotatable bonds is 6. The van der Waals surface area contributed by atoms with E-state index in [0.29, 0.717) is 5.88 Å². The lowest BCUT2D eigenvalue weighted by Crippen LogP contribution is -2.48. The third-order valence-corrected chi connectivity index (χ3v) is 7.45. The molecule has 1 fully saturated rings. The number of pyridine rings is 1. The Morgan fingerprint density at radius 3 is 2.61 bits per heavy atom. The second-order valence-electron chi connectivity index (χ2n) is 9.37. The molecular formula is C30H32N2O4. The third-order valence-electron chi connectivity index (χ3n) is 7.45. The van der Waals surface area contributed by atoms with E-state index < -0.39 is 5.41 Å². The summed E-state index contributed by atoms with van der Waals surface area (Å²) in [5.41, 5.74) is 3.73. The van der Waals surface area contributed by atoms with Crippen molar-refractivity contribution >= 4 is 11.5 Å². The number of allylic oxidation sites excluding steroid dienone is 1. The highest BCUT2D eigenvalue weighted by Gasteiger charge is 2.43. The van der Waals surface area contributed by atoms with E-state index in [4.69, 9.17) is 14.2 Å². The minimum Gasteiger partial charge on any atom is -0.496 e. The fourth-order valence-corrected chi connectivity index (χ4v) is 5.44. The Morgan fingerprint density at radius 2 is 1.86 bits per heavy atom. The Morgan fingerprint density at radius 1 is 1.06 bits per heavy atom. The molecule has 2 aliphatic rings. The number of carbonyl (C=O) groups is 1. The first-order valence-corrected chi connectivity index (χ1v) is 12.5. The van der Waals surface area contributed by atoms with Gasteiger partial charge < -0.3 is 19.1 Å². The fourth-order valence-electron chi connectivity index (χ4n) is 5.44. The molecule has 0 unspecified atom stereocenters. The molecule has 186 valence electrons. The number of carbonyl (C=O) groups excluding carboxylic acids is 1. The number of nitrogens with zero attached hydrogens (tertiary/aromatic N) is 2. The largest absolute Gasteiger partial charge is 0.496 e. The van der Waals surface area contributed by atoms with Gasteiger partial charge in [-0.1, -0.05) is 42.5 Å². The van der Waals surface area contributed by atoms with Gasteiger partial charge in [0, 0.05) is 30.3 Å². The zero-order valence-electron chi connectivity index (χ0n) is 20.9. The van der Waals surface area contributed by atoms with Gasteiger partial charge in [-0.05, 0) is 67.8 Å². The van der Waals surface area contributed by atoms with Crippen molar-refractivity contribution in [2.75, 3.05) is 33.9 Å². The third kappa shape index (κ3) is 4.61. The minimum atomic E-state index is -0.561. The summed E-state index contributed by atoms with van der Waals surface area (Å²) in [6, 6.07) is 20.0. The highest BCUT2D eigenvalue weighted by atomic mass is 16.5. The topological polar surface area (TPSA) is 60.9 Å². The van der Waals surface area contributed by atoms with Crippen molar-refractivity contribution in [3.8, 4) is 17.4 Å². The molecule has 0 amide bonds. The van der Waals surface area contributed by atoms with Crippen LogP contribution in [0, 0.1) is 0 Å². The Balaban J connectivity index is 1.31. The second-order valence-corrected chi connectivity index (χ2v) is 9.37. The lowest BCUT2D eigenvalue weighted by atomic mass is 9.72. The van der Waals surface area contributed by atoms with E-state index in [-0.39, 0.29) is 5.97 Å². The Kier molecular flexibility index (Phi) is 7.05. The zero-order valence-corrected chi connectivity index (χ0v) is 20.9. The van der Waals surface area contributed by atoms with Gasteiger partial charge in [0.05, 0.1) is 19.6 Å². The first kappa shape index (κ1) is 24.1. The molecule has 6 heteroatoms. The van der Waals surface area contributed by atoms with Crippen LogP contribution in [0.25, 0.3) is 5.57 Å². The molecule has 2 aliphatic heterocycles. The number of benzene rings is 2. The van der Waals surface area contributed by atoms with Gasteiger partial charge in [-0.15, -0.1) is 0 Å². The van der Waals surface area contributed by atoms with Crippen molar-refractivity contribution in [3.63, 3.8) is 0 Å². The van der Waals surface area contributed by atoms with E-state index in [2.05, 4.69) is 22.0 Å². The van der Waals surface area contributed by atoms with Crippen molar-refractivity contribution in [2.24, 2.45) is 0 Å². The standard InChI is InChI=1S/C30H32N2O4/c1-34-26-13-6-14-27-25(26)21-22(24-12-7-17-31-28(24)36-27)9-8-18-32-19-15-30(16-20-32,29(33)35-2)23-10-4-3-5-11-23/h3-7,9-14,17H,8,15-16,18-21H2,1-2H3. The predicted molar refractivity (Wildman–Crippen MR) is 139 cm³/mol. The van der Waals surface area contributed by atoms with Gasteiger partial charge in [0.15, 0.2) is 0 Å². The van der Waals surface area contributed by atoms with Crippen LogP contribution in [0.4, 0.5) is 0 Å². The van der Waals surface area contributed by atoms with E-state index in [0.717, 1.165) is 73.5 Å². The van der Waals surface area contributed by atoms with Gasteiger partial charge >= 0.3 is 5.97 Å². The van der Waals surface area contributed by atoms with E-state index in [1.54, 1.807) is 13.3 Å². The smallest absolute Gasteiger partial charge is 0.316 e. The van der Waals surface area contributed by atoms with Crippen LogP contribution in [0.15, 0.2) is 72.9 Å². The normalized spacial score (nSPS) is 17.9. The summed E-state index contributed by atoms with van der Waals surface area (Å²) in [5, 5.41) is 0. The van der Waals surface area contributed by atoms with Crippen molar-refractivity contribution < 1.29 is 19.0 Å². The molecule has 1 saturated heterocycles. The summed E-state index contributed by atoms with van der Waals surface area (Å²) in [6.45, 7) is 2.63. The quantitative estimate of drug-likeness (QED) is 0.436. The minimum absolute atomic E-state index is 0.134. The van der Waals surface area contributed by atoms with Crippen LogP contribution in [-0.4, -0.2) is 49.7 Å². The maximum Gasteiger partial charge on any atom is 0.316 e. The number of ether oxygens (including phenoxy) is 3. The maximum absolute atomic E-state index is 12.8. The summed E-state index contributed by atoms with van der Waals surface area (Å²) in [4.78, 5) is 19.8. The number of aromatic nitrogens is 1. The maximum atomic E-state index is 12.8. The molecule has 6 nitrogen and oxygen atoms in total. The van der Waals surface area contributed by atoms with Crippen LogP contribution in [0.2, 0.25) is 0 Å². The highest BCUT2D eigenvalue weighted by Crippen LogP contribution is 2.41. The van der Waals surface area contributed by atoms with Crippen LogP contribution in [-0.2, 0) is 21.4 Å². The summed E-state index contributed by atoms with van der Waals surface area (Å²) >= 11 is 0. The van der Waals surface area contributed by atoms with Gasteiger partial charge in [-0.3, -0.25) is 4.79 Å². The lowest BCUT2D eigenvalue weighted by molar-refractivity contribution is -0.149. The summed E-state index contributed by atoms with van der Waals surface area (Å²) in [6.07, 6.45) is 7.18. The molecule has 0 atom stereocenters. The molecule has 3 heterocycles. The SMILES string of the molecule is COC(=O)C1(c2ccccc2)CCN(CCC=C2Cc3c(OC)cccc3Oc3ncccc32)CC1.